The molecule has 6 heteroatoms. The average Bonchev–Trinajstić information content (AvgIpc) is 3.06. The molecule has 1 fully saturated rings. The van der Waals surface area contributed by atoms with Gasteiger partial charge in [-0.1, -0.05) is 24.3 Å². The minimum atomic E-state index is -0.150. The van der Waals surface area contributed by atoms with E-state index in [1.807, 2.05) is 37.3 Å². The number of amidine groups is 1. The molecule has 0 spiro atoms. The number of amides is 1. The first-order chi connectivity index (χ1) is 14.7. The second-order valence-corrected chi connectivity index (χ2v) is 9.45. The van der Waals surface area contributed by atoms with Crippen LogP contribution >= 0.6 is 11.8 Å². The zero-order valence-electron chi connectivity index (χ0n) is 18.7. The van der Waals surface area contributed by atoms with Crippen LogP contribution in [0.5, 0.6) is 5.75 Å². The number of fused-ring (bicyclic) bond motifs is 1. The Balaban J connectivity index is 1.72. The second kappa shape index (κ2) is 7.93. The van der Waals surface area contributed by atoms with Gasteiger partial charge in [-0.3, -0.25) is 4.79 Å². The van der Waals surface area contributed by atoms with Crippen molar-refractivity contribution < 1.29 is 9.53 Å². The first kappa shape index (κ1) is 21.2. The minimum Gasteiger partial charge on any atom is -0.496 e. The molecule has 1 N–H and O–H groups in total. The van der Waals surface area contributed by atoms with Gasteiger partial charge in [0.2, 0.25) is 0 Å². The van der Waals surface area contributed by atoms with E-state index >= 15 is 0 Å². The normalized spacial score (nSPS) is 20.0. The first-order valence-corrected chi connectivity index (χ1v) is 11.0. The number of carbonyl (C=O) groups is 1. The third-order valence-corrected chi connectivity index (χ3v) is 6.75. The van der Waals surface area contributed by atoms with Crippen LogP contribution in [0.25, 0.3) is 11.6 Å². The van der Waals surface area contributed by atoms with Gasteiger partial charge >= 0.3 is 0 Å². The number of nitrogens with zero attached hydrogens (tertiary/aromatic N) is 2. The van der Waals surface area contributed by atoms with Gasteiger partial charge in [0.1, 0.15) is 5.75 Å². The van der Waals surface area contributed by atoms with Crippen molar-refractivity contribution in [2.24, 2.45) is 4.99 Å². The van der Waals surface area contributed by atoms with Gasteiger partial charge in [0, 0.05) is 29.9 Å². The van der Waals surface area contributed by atoms with Crippen molar-refractivity contribution in [2.75, 3.05) is 19.1 Å². The van der Waals surface area contributed by atoms with Crippen LogP contribution in [0.15, 0.2) is 52.4 Å². The molecule has 4 rings (SSSR count). The molecule has 0 aromatic heterocycles. The number of hydrogen-bond donors (Lipinski definition) is 1. The average molecular weight is 434 g/mol. The van der Waals surface area contributed by atoms with Gasteiger partial charge in [0.15, 0.2) is 5.17 Å². The molecule has 0 bridgehead atoms. The summed E-state index contributed by atoms with van der Waals surface area (Å²) in [4.78, 5) is 20.1. The number of rotatable bonds is 3. The summed E-state index contributed by atoms with van der Waals surface area (Å²) >= 11 is 1.34. The molecule has 0 saturated carbocycles. The lowest BCUT2D eigenvalue weighted by atomic mass is 9.88. The highest BCUT2D eigenvalue weighted by Gasteiger charge is 2.30. The number of aryl methyl sites for hydroxylation is 1. The number of hydrogen-bond acceptors (Lipinski definition) is 5. The lowest BCUT2D eigenvalue weighted by molar-refractivity contribution is -0.115. The molecule has 2 aliphatic heterocycles. The van der Waals surface area contributed by atoms with Gasteiger partial charge in [0.05, 0.1) is 23.2 Å². The molecule has 5 nitrogen and oxygen atoms in total. The largest absolute Gasteiger partial charge is 0.496 e. The fourth-order valence-electron chi connectivity index (χ4n) is 3.90. The molecule has 2 aliphatic rings. The van der Waals surface area contributed by atoms with Crippen LogP contribution in [0.1, 0.15) is 37.5 Å². The number of thioether (sulfide) groups is 1. The third-order valence-electron chi connectivity index (χ3n) is 5.84. The Kier molecular flexibility index (Phi) is 5.43. The summed E-state index contributed by atoms with van der Waals surface area (Å²) in [6.07, 6.45) is 4.15. The highest BCUT2D eigenvalue weighted by atomic mass is 32.2. The van der Waals surface area contributed by atoms with Gasteiger partial charge in [-0.15, -0.1) is 0 Å². The first-order valence-electron chi connectivity index (χ1n) is 10.2. The number of benzene rings is 2. The summed E-state index contributed by atoms with van der Waals surface area (Å²) < 4.78 is 5.68. The summed E-state index contributed by atoms with van der Waals surface area (Å²) in [7, 11) is 3.75. The van der Waals surface area contributed by atoms with Gasteiger partial charge in [-0.05, 0) is 68.8 Å². The van der Waals surface area contributed by atoms with Crippen molar-refractivity contribution in [1.82, 2.24) is 5.32 Å². The van der Waals surface area contributed by atoms with E-state index in [0.717, 1.165) is 33.8 Å². The van der Waals surface area contributed by atoms with E-state index in [4.69, 9.17) is 4.74 Å². The molecule has 0 atom stereocenters. The van der Waals surface area contributed by atoms with Crippen molar-refractivity contribution in [2.45, 2.75) is 33.2 Å². The zero-order chi connectivity index (χ0) is 22.3. The molecule has 2 heterocycles. The molecular formula is C25H27N3O2S. The Morgan fingerprint density at radius 2 is 1.94 bits per heavy atom. The summed E-state index contributed by atoms with van der Waals surface area (Å²) in [6.45, 7) is 8.51. The molecule has 0 radical (unpaired) electrons. The third kappa shape index (κ3) is 4.00. The second-order valence-electron chi connectivity index (χ2n) is 8.42. The van der Waals surface area contributed by atoms with Crippen molar-refractivity contribution in [3.63, 3.8) is 0 Å². The van der Waals surface area contributed by atoms with Gasteiger partial charge in [-0.25, -0.2) is 4.99 Å². The van der Waals surface area contributed by atoms with Crippen molar-refractivity contribution in [1.29, 1.82) is 0 Å². The van der Waals surface area contributed by atoms with Crippen molar-refractivity contribution >= 4 is 45.9 Å². The number of carbonyl (C=O) groups excluding carboxylic acids is 1. The van der Waals surface area contributed by atoms with E-state index < -0.39 is 0 Å². The molecular weight excluding hydrogens is 406 g/mol. The molecule has 1 saturated heterocycles. The molecule has 160 valence electrons. The summed E-state index contributed by atoms with van der Waals surface area (Å²) in [5, 5.41) is 3.45. The molecule has 2 aromatic rings. The van der Waals surface area contributed by atoms with Crippen LogP contribution in [0.3, 0.4) is 0 Å². The Hall–Kier alpha value is -2.99. The molecule has 31 heavy (non-hydrogen) atoms. The summed E-state index contributed by atoms with van der Waals surface area (Å²) in [6, 6.07) is 12.0. The maximum atomic E-state index is 12.6. The maximum Gasteiger partial charge on any atom is 0.264 e. The van der Waals surface area contributed by atoms with Gasteiger partial charge in [0.25, 0.3) is 5.91 Å². The topological polar surface area (TPSA) is 53.9 Å². The Bertz CT molecular complexity index is 1160. The van der Waals surface area contributed by atoms with Crippen LogP contribution in [-0.4, -0.2) is 30.8 Å². The smallest absolute Gasteiger partial charge is 0.264 e. The van der Waals surface area contributed by atoms with Crippen LogP contribution in [0, 0.1) is 6.92 Å². The highest BCUT2D eigenvalue weighted by Crippen LogP contribution is 2.42. The SMILES string of the molecule is COc1cc2c(cc1/C=C1/SC(=Nc3ccccc3C)NC1=O)C(C)=CC(C)(C)N2C. The number of para-hydroxylation sites is 1. The van der Waals surface area contributed by atoms with Crippen LogP contribution < -0.4 is 15.0 Å². The number of methoxy groups -OCH3 is 1. The lowest BCUT2D eigenvalue weighted by Gasteiger charge is -2.41. The molecule has 0 unspecified atom stereocenters. The van der Waals surface area contributed by atoms with Crippen LogP contribution in [0.2, 0.25) is 0 Å². The number of allylic oxidation sites excluding steroid dienone is 1. The summed E-state index contributed by atoms with van der Waals surface area (Å²) in [5.41, 5.74) is 6.19. The zero-order valence-corrected chi connectivity index (χ0v) is 19.6. The van der Waals surface area contributed by atoms with E-state index in [-0.39, 0.29) is 11.4 Å². The fraction of sp³-hybridized carbons (Fsp3) is 0.280. The van der Waals surface area contributed by atoms with Gasteiger partial charge in [-0.2, -0.15) is 0 Å². The van der Waals surface area contributed by atoms with E-state index in [1.54, 1.807) is 7.11 Å². The van der Waals surface area contributed by atoms with Crippen LogP contribution in [0.4, 0.5) is 11.4 Å². The van der Waals surface area contributed by atoms with Gasteiger partial charge < -0.3 is 15.0 Å². The molecule has 1 amide bonds. The predicted octanol–water partition coefficient (Wildman–Crippen LogP) is 5.53. The highest BCUT2D eigenvalue weighted by molar-refractivity contribution is 8.18. The quantitative estimate of drug-likeness (QED) is 0.647. The van der Waals surface area contributed by atoms with Crippen molar-refractivity contribution in [3.8, 4) is 5.75 Å². The number of anilines is 1. The molecule has 2 aromatic carbocycles. The predicted molar refractivity (Wildman–Crippen MR) is 131 cm³/mol. The number of ether oxygens (including phenoxy) is 1. The Morgan fingerprint density at radius 1 is 1.19 bits per heavy atom. The van der Waals surface area contributed by atoms with E-state index in [0.29, 0.717) is 10.1 Å². The van der Waals surface area contributed by atoms with E-state index in [1.165, 1.54) is 17.3 Å². The Labute approximate surface area is 187 Å². The monoisotopic (exact) mass is 433 g/mol. The minimum absolute atomic E-state index is 0.0792. The molecule has 0 aliphatic carbocycles. The van der Waals surface area contributed by atoms with Crippen molar-refractivity contribution in [3.05, 3.63) is 64.1 Å². The van der Waals surface area contributed by atoms with E-state index in [2.05, 4.69) is 61.2 Å². The fourth-order valence-corrected chi connectivity index (χ4v) is 4.73. The van der Waals surface area contributed by atoms with E-state index in [9.17, 15) is 4.79 Å². The standard InChI is InChI=1S/C25H27N3O2S/c1-15-9-7-8-10-19(15)26-24-27-23(29)22(31-24)12-17-11-18-16(2)14-25(3,4)28(5)20(18)13-21(17)30-6/h7-14H,1-6H3,(H,26,27,29)/b22-12+. The lowest BCUT2D eigenvalue weighted by Crippen LogP contribution is -2.42. The number of likely N-dealkylation sites (N-methyl/N-ethyl adjacent to an activating group) is 1. The Morgan fingerprint density at radius 3 is 2.65 bits per heavy atom. The number of aliphatic imine (C=N–C) groups is 1. The summed E-state index contributed by atoms with van der Waals surface area (Å²) in [5.74, 6) is 0.587. The maximum absolute atomic E-state index is 12.6. The van der Waals surface area contributed by atoms with Crippen LogP contribution in [-0.2, 0) is 4.79 Å². The number of nitrogens with one attached hydrogen (secondary N) is 1.